The van der Waals surface area contributed by atoms with E-state index in [1.165, 1.54) is 0 Å². The first-order chi connectivity index (χ1) is 14.6. The molecule has 0 saturated carbocycles. The predicted octanol–water partition coefficient (Wildman–Crippen LogP) is 4.77. The maximum Gasteiger partial charge on any atom is 0.319 e. The molecule has 3 aromatic carbocycles. The van der Waals surface area contributed by atoms with Crippen molar-refractivity contribution in [3.05, 3.63) is 94.5 Å². The molecule has 5 nitrogen and oxygen atoms in total. The van der Waals surface area contributed by atoms with Crippen LogP contribution in [0.3, 0.4) is 0 Å². The van der Waals surface area contributed by atoms with Crippen LogP contribution >= 0.6 is 15.9 Å². The third-order valence-electron chi connectivity index (χ3n) is 5.12. The summed E-state index contributed by atoms with van der Waals surface area (Å²) < 4.78 is 0.867. The van der Waals surface area contributed by atoms with E-state index >= 15 is 0 Å². The largest absolute Gasteiger partial charge is 0.326 e. The number of anilines is 2. The quantitative estimate of drug-likeness (QED) is 0.572. The molecule has 3 aromatic rings. The van der Waals surface area contributed by atoms with Crippen molar-refractivity contribution in [2.45, 2.75) is 18.9 Å². The van der Waals surface area contributed by atoms with Crippen LogP contribution in [0.25, 0.3) is 0 Å². The van der Waals surface area contributed by atoms with E-state index in [1.807, 2.05) is 72.8 Å². The van der Waals surface area contributed by atoms with Crippen molar-refractivity contribution in [2.24, 2.45) is 0 Å². The van der Waals surface area contributed by atoms with E-state index in [1.54, 1.807) is 11.0 Å². The number of amides is 3. The summed E-state index contributed by atoms with van der Waals surface area (Å²) in [6.45, 7) is 0.623. The number of nitrogens with one attached hydrogen (secondary N) is 2. The van der Waals surface area contributed by atoms with Crippen molar-refractivity contribution in [1.82, 2.24) is 5.32 Å². The van der Waals surface area contributed by atoms with Gasteiger partial charge in [-0.25, -0.2) is 4.79 Å². The Morgan fingerprint density at radius 1 is 0.967 bits per heavy atom. The number of hydrogen-bond donors (Lipinski definition) is 2. The summed E-state index contributed by atoms with van der Waals surface area (Å²) in [6, 6.07) is 23.9. The molecule has 6 heteroatoms. The molecule has 152 valence electrons. The lowest BCUT2D eigenvalue weighted by atomic mass is 10.0. The maximum absolute atomic E-state index is 13.4. The second kappa shape index (κ2) is 9.13. The van der Waals surface area contributed by atoms with Crippen molar-refractivity contribution in [3.63, 3.8) is 0 Å². The van der Waals surface area contributed by atoms with E-state index in [9.17, 15) is 9.59 Å². The van der Waals surface area contributed by atoms with Crippen molar-refractivity contribution < 1.29 is 9.59 Å². The SMILES string of the molecule is O=C(Nc1cccc(Br)c1)N[C@@H](Cc1ccccc1)C(=O)N1CCc2ccccc21. The van der Waals surface area contributed by atoms with Gasteiger partial charge in [0.05, 0.1) is 0 Å². The van der Waals surface area contributed by atoms with Crippen molar-refractivity contribution in [1.29, 1.82) is 0 Å². The van der Waals surface area contributed by atoms with Crippen molar-refractivity contribution in [3.8, 4) is 0 Å². The number of halogens is 1. The minimum atomic E-state index is -0.675. The molecule has 0 bridgehead atoms. The highest BCUT2D eigenvalue weighted by Gasteiger charge is 2.31. The average molecular weight is 464 g/mol. The molecule has 1 heterocycles. The van der Waals surface area contributed by atoms with E-state index < -0.39 is 12.1 Å². The summed E-state index contributed by atoms with van der Waals surface area (Å²) in [7, 11) is 0. The molecule has 1 atom stereocenters. The first-order valence-corrected chi connectivity index (χ1v) is 10.7. The second-order valence-electron chi connectivity index (χ2n) is 7.22. The summed E-state index contributed by atoms with van der Waals surface area (Å²) in [4.78, 5) is 27.9. The number of para-hydroxylation sites is 1. The lowest BCUT2D eigenvalue weighted by Gasteiger charge is -2.25. The highest BCUT2D eigenvalue weighted by atomic mass is 79.9. The predicted molar refractivity (Wildman–Crippen MR) is 123 cm³/mol. The van der Waals surface area contributed by atoms with E-state index in [2.05, 4.69) is 26.6 Å². The zero-order valence-electron chi connectivity index (χ0n) is 16.3. The normalized spacial score (nSPS) is 13.4. The van der Waals surface area contributed by atoms with Crippen molar-refractivity contribution >= 4 is 39.2 Å². The molecule has 30 heavy (non-hydrogen) atoms. The van der Waals surface area contributed by atoms with Gasteiger partial charge in [-0.2, -0.15) is 0 Å². The standard InChI is InChI=1S/C24H22BrN3O2/c25-19-10-6-11-20(16-19)26-24(30)27-21(15-17-7-2-1-3-8-17)23(29)28-14-13-18-9-4-5-12-22(18)28/h1-12,16,21H,13-15H2,(H2,26,27,30)/t21-/m0/s1. The molecule has 0 aliphatic carbocycles. The Morgan fingerprint density at radius 3 is 2.53 bits per heavy atom. The van der Waals surface area contributed by atoms with Crippen LogP contribution in [-0.2, 0) is 17.6 Å². The van der Waals surface area contributed by atoms with E-state index in [4.69, 9.17) is 0 Å². The molecule has 0 unspecified atom stereocenters. The van der Waals surface area contributed by atoms with Gasteiger partial charge in [-0.3, -0.25) is 4.79 Å². The van der Waals surface area contributed by atoms with Crippen LogP contribution < -0.4 is 15.5 Å². The Balaban J connectivity index is 1.53. The molecule has 3 amide bonds. The minimum Gasteiger partial charge on any atom is -0.326 e. The Bertz CT molecular complexity index is 1060. The molecule has 4 rings (SSSR count). The van der Waals surface area contributed by atoms with Gasteiger partial charge in [-0.15, -0.1) is 0 Å². The number of fused-ring (bicyclic) bond motifs is 1. The molecule has 0 spiro atoms. The Kier molecular flexibility index (Phi) is 6.14. The topological polar surface area (TPSA) is 61.4 Å². The number of urea groups is 1. The summed E-state index contributed by atoms with van der Waals surface area (Å²) in [5.41, 5.74) is 3.73. The fraction of sp³-hybridized carbons (Fsp3) is 0.167. The molecule has 1 aliphatic heterocycles. The van der Waals surface area contributed by atoms with Crippen LogP contribution in [0.5, 0.6) is 0 Å². The Labute approximate surface area is 184 Å². The van der Waals surface area contributed by atoms with E-state index in [0.717, 1.165) is 27.7 Å². The van der Waals surface area contributed by atoms with Crippen LogP contribution in [0.1, 0.15) is 11.1 Å². The summed E-state index contributed by atoms with van der Waals surface area (Å²) in [5, 5.41) is 5.70. The lowest BCUT2D eigenvalue weighted by molar-refractivity contribution is -0.120. The number of carbonyl (C=O) groups is 2. The van der Waals surface area contributed by atoms with Crippen molar-refractivity contribution in [2.75, 3.05) is 16.8 Å². The van der Waals surface area contributed by atoms with Gasteiger partial charge in [0.1, 0.15) is 6.04 Å². The lowest BCUT2D eigenvalue weighted by Crippen LogP contribution is -2.50. The monoisotopic (exact) mass is 463 g/mol. The molecular formula is C24H22BrN3O2. The highest BCUT2D eigenvalue weighted by molar-refractivity contribution is 9.10. The van der Waals surface area contributed by atoms with Crippen LogP contribution in [-0.4, -0.2) is 24.5 Å². The summed E-state index contributed by atoms with van der Waals surface area (Å²) in [6.07, 6.45) is 1.24. The van der Waals surface area contributed by atoms with Gasteiger partial charge < -0.3 is 15.5 Å². The molecule has 0 fully saturated rings. The first-order valence-electron chi connectivity index (χ1n) is 9.86. The molecule has 0 aromatic heterocycles. The highest BCUT2D eigenvalue weighted by Crippen LogP contribution is 2.28. The number of benzene rings is 3. The third kappa shape index (κ3) is 4.71. The average Bonchev–Trinajstić information content (AvgIpc) is 3.18. The smallest absolute Gasteiger partial charge is 0.319 e. The molecule has 0 radical (unpaired) electrons. The van der Waals surface area contributed by atoms with Gasteiger partial charge >= 0.3 is 6.03 Å². The Morgan fingerprint density at radius 2 is 1.73 bits per heavy atom. The maximum atomic E-state index is 13.4. The number of rotatable bonds is 5. The first kappa shape index (κ1) is 20.2. The molecular weight excluding hydrogens is 442 g/mol. The van der Waals surface area contributed by atoms with Crippen LogP contribution in [0.15, 0.2) is 83.3 Å². The van der Waals surface area contributed by atoms with Gasteiger partial charge in [0.2, 0.25) is 5.91 Å². The molecule has 2 N–H and O–H groups in total. The van der Waals surface area contributed by atoms with Gasteiger partial charge in [0.25, 0.3) is 0 Å². The number of carbonyl (C=O) groups excluding carboxylic acids is 2. The Hall–Kier alpha value is -3.12. The third-order valence-corrected chi connectivity index (χ3v) is 5.61. The zero-order chi connectivity index (χ0) is 20.9. The fourth-order valence-corrected chi connectivity index (χ4v) is 4.10. The number of nitrogens with zero attached hydrogens (tertiary/aromatic N) is 1. The van der Waals surface area contributed by atoms with Gasteiger partial charge in [-0.05, 0) is 41.8 Å². The second-order valence-corrected chi connectivity index (χ2v) is 8.14. The van der Waals surface area contributed by atoms with Crippen LogP contribution in [0.4, 0.5) is 16.2 Å². The number of hydrogen-bond acceptors (Lipinski definition) is 2. The van der Waals surface area contributed by atoms with Crippen LogP contribution in [0, 0.1) is 0 Å². The zero-order valence-corrected chi connectivity index (χ0v) is 17.9. The minimum absolute atomic E-state index is 0.104. The van der Waals surface area contributed by atoms with E-state index in [0.29, 0.717) is 18.7 Å². The molecule has 1 aliphatic rings. The summed E-state index contributed by atoms with van der Waals surface area (Å²) >= 11 is 3.40. The van der Waals surface area contributed by atoms with E-state index in [-0.39, 0.29) is 5.91 Å². The summed E-state index contributed by atoms with van der Waals surface area (Å²) in [5.74, 6) is -0.104. The van der Waals surface area contributed by atoms with Gasteiger partial charge in [0.15, 0.2) is 0 Å². The van der Waals surface area contributed by atoms with Gasteiger partial charge in [-0.1, -0.05) is 70.5 Å². The van der Waals surface area contributed by atoms with Gasteiger partial charge in [0, 0.05) is 28.8 Å². The molecule has 0 saturated heterocycles. The fourth-order valence-electron chi connectivity index (χ4n) is 3.70. The van der Waals surface area contributed by atoms with Crippen LogP contribution in [0.2, 0.25) is 0 Å².